The van der Waals surface area contributed by atoms with E-state index in [0.717, 1.165) is 29.3 Å². The van der Waals surface area contributed by atoms with Gasteiger partial charge in [0.15, 0.2) is 0 Å². The maximum Gasteiger partial charge on any atom is 0.325 e. The molecule has 0 aliphatic carbocycles. The van der Waals surface area contributed by atoms with Gasteiger partial charge in [-0.05, 0) is 23.1 Å². The molecule has 4 rings (SSSR count). The van der Waals surface area contributed by atoms with Gasteiger partial charge >= 0.3 is 5.69 Å². The molecule has 28 heavy (non-hydrogen) atoms. The van der Waals surface area contributed by atoms with Crippen LogP contribution in [0.15, 0.2) is 49.6 Å². The molecule has 0 atom stereocenters. The van der Waals surface area contributed by atoms with Crippen LogP contribution in [0.3, 0.4) is 0 Å². The lowest BCUT2D eigenvalue weighted by atomic mass is 9.96. The molecule has 3 N–H and O–H groups in total. The number of hydrogen-bond acceptors (Lipinski definition) is 6. The van der Waals surface area contributed by atoms with Gasteiger partial charge in [0.1, 0.15) is 5.56 Å². The lowest BCUT2D eigenvalue weighted by molar-refractivity contribution is 0.0949. The lowest BCUT2D eigenvalue weighted by Gasteiger charge is -2.31. The molecule has 9 nitrogen and oxygen atoms in total. The molecule has 3 aromatic rings. The number of carbonyl (C=O) groups excluding carboxylic acids is 1. The predicted octanol–water partition coefficient (Wildman–Crippen LogP) is -0.848. The van der Waals surface area contributed by atoms with Crippen LogP contribution in [-0.2, 0) is 19.5 Å². The second kappa shape index (κ2) is 6.76. The highest BCUT2D eigenvalue weighted by Gasteiger charge is 2.22. The van der Waals surface area contributed by atoms with Crippen molar-refractivity contribution >= 4 is 11.6 Å². The van der Waals surface area contributed by atoms with E-state index in [1.807, 2.05) is 28.1 Å². The summed E-state index contributed by atoms with van der Waals surface area (Å²) in [4.78, 5) is 63.8. The zero-order chi connectivity index (χ0) is 19.8. The number of anilines is 1. The summed E-state index contributed by atoms with van der Waals surface area (Å²) in [6, 6.07) is 7.16. The highest BCUT2D eigenvalue weighted by Crippen LogP contribution is 2.23. The lowest BCUT2D eigenvalue weighted by Crippen LogP contribution is -2.41. The summed E-state index contributed by atoms with van der Waals surface area (Å²) in [5.74, 6) is -0.597. The Labute approximate surface area is 157 Å². The fourth-order valence-electron chi connectivity index (χ4n) is 3.32. The topological polar surface area (TPSA) is 132 Å². The largest absolute Gasteiger partial charge is 0.363 e. The number of carbonyl (C=O) groups is 1. The van der Waals surface area contributed by atoms with Gasteiger partial charge < -0.3 is 15.2 Å². The van der Waals surface area contributed by atoms with Gasteiger partial charge in [0.2, 0.25) is 10.9 Å². The van der Waals surface area contributed by atoms with Crippen molar-refractivity contribution in [2.45, 2.75) is 19.5 Å². The third-order valence-corrected chi connectivity index (χ3v) is 4.86. The molecule has 142 valence electrons. The van der Waals surface area contributed by atoms with Crippen molar-refractivity contribution < 1.29 is 4.79 Å². The minimum Gasteiger partial charge on any atom is -0.363 e. The Morgan fingerprint density at radius 1 is 1.11 bits per heavy atom. The molecule has 1 aromatic heterocycles. The first-order valence-electron chi connectivity index (χ1n) is 8.68. The van der Waals surface area contributed by atoms with E-state index in [-0.39, 0.29) is 12.1 Å². The second-order valence-corrected chi connectivity index (χ2v) is 6.67. The molecule has 1 aliphatic heterocycles. The van der Waals surface area contributed by atoms with E-state index >= 15 is 0 Å². The van der Waals surface area contributed by atoms with Crippen LogP contribution in [0.2, 0.25) is 0 Å². The van der Waals surface area contributed by atoms with Gasteiger partial charge in [-0.2, -0.15) is 0 Å². The molecule has 0 bridgehead atoms. The van der Waals surface area contributed by atoms with Crippen molar-refractivity contribution in [2.75, 3.05) is 11.4 Å². The molecule has 9 heteroatoms. The van der Waals surface area contributed by atoms with Crippen LogP contribution in [0, 0.1) is 0 Å². The van der Waals surface area contributed by atoms with E-state index in [9.17, 15) is 24.0 Å². The van der Waals surface area contributed by atoms with Gasteiger partial charge in [-0.1, -0.05) is 18.2 Å². The SMILES string of the molecule is O=C(NCc1ccc2c(c1)CN(c1cc(=O)c1=O)CC2)c1c[nH]c(=O)[nH]c1=O. The number of hydrogen-bond donors (Lipinski definition) is 3. The normalized spacial score (nSPS) is 13.4. The zero-order valence-corrected chi connectivity index (χ0v) is 14.7. The Morgan fingerprint density at radius 2 is 1.93 bits per heavy atom. The maximum atomic E-state index is 12.2. The molecular formula is C19H16N4O5. The van der Waals surface area contributed by atoms with Gasteiger partial charge in [-0.25, -0.2) is 4.79 Å². The molecule has 0 spiro atoms. The van der Waals surface area contributed by atoms with Gasteiger partial charge in [-0.15, -0.1) is 0 Å². The zero-order valence-electron chi connectivity index (χ0n) is 14.7. The summed E-state index contributed by atoms with van der Waals surface area (Å²) in [5.41, 5.74) is 0.940. The van der Waals surface area contributed by atoms with Crippen molar-refractivity contribution in [2.24, 2.45) is 0 Å². The molecule has 2 heterocycles. The Bertz CT molecular complexity index is 1260. The number of H-pyrrole nitrogens is 2. The molecule has 2 aromatic carbocycles. The Balaban J connectivity index is 1.47. The number of nitrogens with one attached hydrogen (secondary N) is 3. The summed E-state index contributed by atoms with van der Waals surface area (Å²) in [5, 5.41) is 2.65. The summed E-state index contributed by atoms with van der Waals surface area (Å²) in [6.07, 6.45) is 1.83. The number of nitrogens with zero attached hydrogens (tertiary/aromatic N) is 1. The van der Waals surface area contributed by atoms with Gasteiger partial charge in [0.05, 0.1) is 5.69 Å². The first-order chi connectivity index (χ1) is 13.4. The molecule has 0 fully saturated rings. The van der Waals surface area contributed by atoms with Crippen LogP contribution in [0.4, 0.5) is 5.69 Å². The smallest absolute Gasteiger partial charge is 0.325 e. The van der Waals surface area contributed by atoms with Crippen molar-refractivity contribution in [3.8, 4) is 0 Å². The fourth-order valence-corrected chi connectivity index (χ4v) is 3.32. The van der Waals surface area contributed by atoms with Crippen LogP contribution in [0.5, 0.6) is 0 Å². The van der Waals surface area contributed by atoms with Crippen molar-refractivity contribution in [3.05, 3.63) is 94.0 Å². The number of benzene rings is 1. The van der Waals surface area contributed by atoms with Gasteiger partial charge in [0.25, 0.3) is 11.5 Å². The van der Waals surface area contributed by atoms with E-state index < -0.39 is 28.0 Å². The number of amides is 1. The molecule has 0 saturated carbocycles. The minimum absolute atomic E-state index is 0.177. The number of aromatic nitrogens is 2. The number of aromatic amines is 2. The van der Waals surface area contributed by atoms with E-state index in [1.165, 1.54) is 6.07 Å². The monoisotopic (exact) mass is 380 g/mol. The van der Waals surface area contributed by atoms with E-state index in [4.69, 9.17) is 0 Å². The molecule has 0 unspecified atom stereocenters. The Kier molecular flexibility index (Phi) is 4.26. The highest BCUT2D eigenvalue weighted by atomic mass is 16.2. The van der Waals surface area contributed by atoms with Crippen LogP contribution in [0.1, 0.15) is 27.0 Å². The van der Waals surface area contributed by atoms with E-state index in [1.54, 1.807) is 0 Å². The number of fused-ring (bicyclic) bond motifs is 1. The first kappa shape index (κ1) is 17.7. The Hall–Kier alpha value is -3.75. The summed E-state index contributed by atoms with van der Waals surface area (Å²) >= 11 is 0. The highest BCUT2D eigenvalue weighted by molar-refractivity contribution is 5.93. The maximum absolute atomic E-state index is 12.2. The summed E-state index contributed by atoms with van der Waals surface area (Å²) in [7, 11) is 0. The third kappa shape index (κ3) is 3.18. The summed E-state index contributed by atoms with van der Waals surface area (Å²) in [6.45, 7) is 1.38. The van der Waals surface area contributed by atoms with Gasteiger partial charge in [-0.3, -0.25) is 24.2 Å². The van der Waals surface area contributed by atoms with Crippen LogP contribution >= 0.6 is 0 Å². The van der Waals surface area contributed by atoms with Crippen molar-refractivity contribution in [1.82, 2.24) is 15.3 Å². The summed E-state index contributed by atoms with van der Waals surface area (Å²) < 4.78 is 0. The van der Waals surface area contributed by atoms with Gasteiger partial charge in [0, 0.05) is 31.9 Å². The third-order valence-electron chi connectivity index (χ3n) is 4.86. The fraction of sp³-hybridized carbons (Fsp3) is 0.211. The minimum atomic E-state index is -0.754. The molecule has 0 saturated heterocycles. The second-order valence-electron chi connectivity index (χ2n) is 6.67. The first-order valence-corrected chi connectivity index (χ1v) is 8.68. The quantitative estimate of drug-likeness (QED) is 0.505. The van der Waals surface area contributed by atoms with Crippen LogP contribution in [0.25, 0.3) is 0 Å². The predicted molar refractivity (Wildman–Crippen MR) is 101 cm³/mol. The average molecular weight is 380 g/mol. The molecule has 1 aliphatic rings. The standard InChI is InChI=1S/C19H16N4O5/c24-15-6-14(16(15)25)23-4-3-11-2-1-10(5-12(11)9-23)7-20-17(26)13-8-21-19(28)22-18(13)27/h1-2,5-6,8H,3-4,7,9H2,(H,20,26)(H2,21,22,27,28). The Morgan fingerprint density at radius 3 is 2.64 bits per heavy atom. The van der Waals surface area contributed by atoms with Crippen LogP contribution in [-0.4, -0.2) is 22.4 Å². The number of rotatable bonds is 4. The van der Waals surface area contributed by atoms with Crippen molar-refractivity contribution in [3.63, 3.8) is 0 Å². The van der Waals surface area contributed by atoms with Crippen LogP contribution < -0.4 is 32.3 Å². The molecule has 1 amide bonds. The van der Waals surface area contributed by atoms with E-state index in [0.29, 0.717) is 18.8 Å². The van der Waals surface area contributed by atoms with E-state index in [2.05, 4.69) is 10.3 Å². The molecule has 0 radical (unpaired) electrons. The van der Waals surface area contributed by atoms with Crippen molar-refractivity contribution in [1.29, 1.82) is 0 Å². The average Bonchev–Trinajstić information content (AvgIpc) is 2.69. The molecular weight excluding hydrogens is 364 g/mol.